The van der Waals surface area contributed by atoms with E-state index >= 15 is 0 Å². The Bertz CT molecular complexity index is 325. The number of carbonyl (C=O) groups excluding carboxylic acids is 1. The highest BCUT2D eigenvalue weighted by atomic mass is 19.3. The SMILES string of the molecule is CC(C)(C)OC(=O)NCC(F)(F)CNC1CCCNCC1. The van der Waals surface area contributed by atoms with Gasteiger partial charge in [0.1, 0.15) is 5.60 Å². The summed E-state index contributed by atoms with van der Waals surface area (Å²) in [7, 11) is 0. The molecule has 0 bridgehead atoms. The molecular formula is C14H27F2N3O2. The van der Waals surface area contributed by atoms with Gasteiger partial charge in [0.05, 0.1) is 13.1 Å². The number of alkyl carbamates (subject to hydrolysis) is 1. The molecule has 0 spiro atoms. The Kier molecular flexibility index (Phi) is 6.80. The lowest BCUT2D eigenvalue weighted by atomic mass is 10.1. The van der Waals surface area contributed by atoms with E-state index in [2.05, 4.69) is 16.0 Å². The molecular weight excluding hydrogens is 280 g/mol. The van der Waals surface area contributed by atoms with Crippen LogP contribution in [-0.4, -0.2) is 49.8 Å². The first-order valence-corrected chi connectivity index (χ1v) is 7.47. The van der Waals surface area contributed by atoms with Gasteiger partial charge in [0.15, 0.2) is 0 Å². The van der Waals surface area contributed by atoms with Crippen LogP contribution in [0.5, 0.6) is 0 Å². The van der Waals surface area contributed by atoms with Crippen LogP contribution in [0.3, 0.4) is 0 Å². The minimum atomic E-state index is -2.99. The molecule has 0 aromatic carbocycles. The predicted octanol–water partition coefficient (Wildman–Crippen LogP) is 1.88. The molecule has 21 heavy (non-hydrogen) atoms. The van der Waals surface area contributed by atoms with Gasteiger partial charge in [0.2, 0.25) is 0 Å². The molecule has 0 radical (unpaired) electrons. The number of halogens is 2. The maximum Gasteiger partial charge on any atom is 0.407 e. The van der Waals surface area contributed by atoms with Gasteiger partial charge in [-0.25, -0.2) is 13.6 Å². The molecule has 1 unspecified atom stereocenters. The number of rotatable bonds is 5. The van der Waals surface area contributed by atoms with Crippen LogP contribution >= 0.6 is 0 Å². The molecule has 0 aromatic rings. The van der Waals surface area contributed by atoms with Gasteiger partial charge in [-0.05, 0) is 53.1 Å². The van der Waals surface area contributed by atoms with Crippen molar-refractivity contribution in [3.63, 3.8) is 0 Å². The van der Waals surface area contributed by atoms with Crippen molar-refractivity contribution in [3.8, 4) is 0 Å². The lowest BCUT2D eigenvalue weighted by molar-refractivity contribution is -0.00582. The maximum atomic E-state index is 13.7. The lowest BCUT2D eigenvalue weighted by Crippen LogP contribution is -2.47. The van der Waals surface area contributed by atoms with Gasteiger partial charge < -0.3 is 20.7 Å². The number of ether oxygens (including phenoxy) is 1. The van der Waals surface area contributed by atoms with E-state index < -0.39 is 30.7 Å². The van der Waals surface area contributed by atoms with E-state index in [1.165, 1.54) is 0 Å². The molecule has 1 heterocycles. The van der Waals surface area contributed by atoms with Gasteiger partial charge in [0.25, 0.3) is 5.92 Å². The van der Waals surface area contributed by atoms with Crippen molar-refractivity contribution in [1.29, 1.82) is 0 Å². The Labute approximate surface area is 125 Å². The summed E-state index contributed by atoms with van der Waals surface area (Å²) in [6.45, 7) is 5.69. The van der Waals surface area contributed by atoms with Crippen LogP contribution < -0.4 is 16.0 Å². The lowest BCUT2D eigenvalue weighted by Gasteiger charge is -2.24. The average Bonchev–Trinajstić information content (AvgIpc) is 2.61. The Morgan fingerprint density at radius 3 is 2.62 bits per heavy atom. The topological polar surface area (TPSA) is 62.4 Å². The molecule has 0 aliphatic carbocycles. The summed E-state index contributed by atoms with van der Waals surface area (Å²) in [4.78, 5) is 11.4. The normalized spacial score (nSPS) is 20.7. The molecule has 1 amide bonds. The van der Waals surface area contributed by atoms with Crippen molar-refractivity contribution in [3.05, 3.63) is 0 Å². The summed E-state index contributed by atoms with van der Waals surface area (Å²) < 4.78 is 32.4. The summed E-state index contributed by atoms with van der Waals surface area (Å²) in [6.07, 6.45) is 1.90. The number of nitrogens with one attached hydrogen (secondary N) is 3. The minimum absolute atomic E-state index is 0.104. The summed E-state index contributed by atoms with van der Waals surface area (Å²) in [5.41, 5.74) is -0.690. The van der Waals surface area contributed by atoms with Gasteiger partial charge in [0, 0.05) is 6.04 Å². The second kappa shape index (κ2) is 7.89. The van der Waals surface area contributed by atoms with Crippen molar-refractivity contribution in [2.75, 3.05) is 26.2 Å². The Balaban J connectivity index is 2.27. The molecule has 7 heteroatoms. The maximum absolute atomic E-state index is 13.7. The van der Waals surface area contributed by atoms with E-state index in [4.69, 9.17) is 4.74 Å². The van der Waals surface area contributed by atoms with E-state index in [-0.39, 0.29) is 6.04 Å². The zero-order valence-electron chi connectivity index (χ0n) is 13.1. The third kappa shape index (κ3) is 8.83. The highest BCUT2D eigenvalue weighted by molar-refractivity contribution is 5.67. The standard InChI is InChI=1S/C14H27F2N3O2/c1-13(2,3)21-12(20)19-10-14(15,16)9-18-11-5-4-7-17-8-6-11/h11,17-18H,4-10H2,1-3H3,(H,19,20). The van der Waals surface area contributed by atoms with Crippen molar-refractivity contribution in [1.82, 2.24) is 16.0 Å². The Hall–Kier alpha value is -0.950. The van der Waals surface area contributed by atoms with Crippen LogP contribution in [-0.2, 0) is 4.74 Å². The van der Waals surface area contributed by atoms with Crippen LogP contribution in [0.25, 0.3) is 0 Å². The van der Waals surface area contributed by atoms with Gasteiger partial charge >= 0.3 is 6.09 Å². The first-order valence-electron chi connectivity index (χ1n) is 7.47. The average molecular weight is 307 g/mol. The number of carbonyl (C=O) groups is 1. The number of amides is 1. The second-order valence-corrected chi connectivity index (χ2v) is 6.47. The fourth-order valence-corrected chi connectivity index (χ4v) is 2.10. The smallest absolute Gasteiger partial charge is 0.407 e. The highest BCUT2D eigenvalue weighted by Crippen LogP contribution is 2.13. The summed E-state index contributed by atoms with van der Waals surface area (Å²) in [5.74, 6) is -2.99. The Morgan fingerprint density at radius 2 is 1.95 bits per heavy atom. The van der Waals surface area contributed by atoms with E-state index in [9.17, 15) is 13.6 Å². The van der Waals surface area contributed by atoms with Gasteiger partial charge in [-0.2, -0.15) is 0 Å². The van der Waals surface area contributed by atoms with Crippen LogP contribution in [0, 0.1) is 0 Å². The first kappa shape index (κ1) is 18.1. The van der Waals surface area contributed by atoms with E-state index in [0.29, 0.717) is 0 Å². The summed E-state index contributed by atoms with van der Waals surface area (Å²) in [5, 5.41) is 8.24. The number of hydrogen-bond donors (Lipinski definition) is 3. The summed E-state index contributed by atoms with van der Waals surface area (Å²) in [6, 6.07) is 0.104. The second-order valence-electron chi connectivity index (χ2n) is 6.47. The molecule has 1 atom stereocenters. The van der Waals surface area contributed by atoms with Crippen LogP contribution in [0.2, 0.25) is 0 Å². The van der Waals surface area contributed by atoms with Gasteiger partial charge in [-0.15, -0.1) is 0 Å². The quantitative estimate of drug-likeness (QED) is 0.726. The van der Waals surface area contributed by atoms with Gasteiger partial charge in [-0.1, -0.05) is 0 Å². The summed E-state index contributed by atoms with van der Waals surface area (Å²) >= 11 is 0. The number of hydrogen-bond acceptors (Lipinski definition) is 4. The van der Waals surface area contributed by atoms with Crippen LogP contribution in [0.15, 0.2) is 0 Å². The first-order chi connectivity index (χ1) is 9.68. The van der Waals surface area contributed by atoms with E-state index in [0.717, 1.165) is 32.4 Å². The molecule has 124 valence electrons. The fourth-order valence-electron chi connectivity index (χ4n) is 2.10. The van der Waals surface area contributed by atoms with E-state index in [1.54, 1.807) is 20.8 Å². The fraction of sp³-hybridized carbons (Fsp3) is 0.929. The highest BCUT2D eigenvalue weighted by Gasteiger charge is 2.31. The monoisotopic (exact) mass is 307 g/mol. The van der Waals surface area contributed by atoms with Crippen molar-refractivity contribution in [2.45, 2.75) is 57.6 Å². The molecule has 3 N–H and O–H groups in total. The minimum Gasteiger partial charge on any atom is -0.444 e. The van der Waals surface area contributed by atoms with Crippen molar-refractivity contribution < 1.29 is 18.3 Å². The van der Waals surface area contributed by atoms with Crippen LogP contribution in [0.4, 0.5) is 13.6 Å². The zero-order valence-corrected chi connectivity index (χ0v) is 13.1. The molecule has 0 saturated carbocycles. The molecule has 0 aromatic heterocycles. The van der Waals surface area contributed by atoms with Crippen molar-refractivity contribution >= 4 is 6.09 Å². The zero-order chi connectivity index (χ0) is 15.9. The third-order valence-corrected chi connectivity index (χ3v) is 3.12. The molecule has 1 aliphatic rings. The largest absolute Gasteiger partial charge is 0.444 e. The predicted molar refractivity (Wildman–Crippen MR) is 77.7 cm³/mol. The number of alkyl halides is 2. The Morgan fingerprint density at radius 1 is 1.24 bits per heavy atom. The molecule has 1 rings (SSSR count). The molecule has 1 saturated heterocycles. The molecule has 5 nitrogen and oxygen atoms in total. The molecule has 1 aliphatic heterocycles. The van der Waals surface area contributed by atoms with Crippen LogP contribution in [0.1, 0.15) is 40.0 Å². The van der Waals surface area contributed by atoms with Gasteiger partial charge in [-0.3, -0.25) is 0 Å². The molecule has 1 fully saturated rings. The van der Waals surface area contributed by atoms with E-state index in [1.807, 2.05) is 0 Å². The van der Waals surface area contributed by atoms with Crippen molar-refractivity contribution in [2.24, 2.45) is 0 Å². The third-order valence-electron chi connectivity index (χ3n) is 3.12.